The zero-order chi connectivity index (χ0) is 15.2. The quantitative estimate of drug-likeness (QED) is 0.756. The molecule has 0 fully saturated rings. The van der Waals surface area contributed by atoms with Crippen LogP contribution in [-0.2, 0) is 10.2 Å². The van der Waals surface area contributed by atoms with E-state index in [0.717, 1.165) is 22.9 Å². The van der Waals surface area contributed by atoms with Gasteiger partial charge in [0.05, 0.1) is 29.3 Å². The summed E-state index contributed by atoms with van der Waals surface area (Å²) in [4.78, 5) is 15.1. The number of fused-ring (bicyclic) bond motifs is 2. The number of ether oxygens (including phenoxy) is 1. The zero-order valence-electron chi connectivity index (χ0n) is 11.9. The fourth-order valence-electron chi connectivity index (χ4n) is 2.90. The summed E-state index contributed by atoms with van der Waals surface area (Å²) >= 11 is 5.94. The fraction of sp³-hybridized carbons (Fsp3) is 0.188. The number of hydrogen-bond acceptors (Lipinski definition) is 5. The van der Waals surface area contributed by atoms with Gasteiger partial charge in [0.1, 0.15) is 5.82 Å². The Morgan fingerprint density at radius 1 is 1.18 bits per heavy atom. The van der Waals surface area contributed by atoms with Gasteiger partial charge in [-0.1, -0.05) is 0 Å². The molecule has 110 valence electrons. The Bertz CT molecular complexity index is 790. The molecule has 6 heteroatoms. The molecule has 0 atom stereocenters. The highest BCUT2D eigenvalue weighted by molar-refractivity contribution is 6.28. The molecule has 2 aromatic heterocycles. The molecule has 4 rings (SSSR count). The smallest absolute Gasteiger partial charge is 0.224 e. The highest BCUT2D eigenvalue weighted by Crippen LogP contribution is 2.45. The van der Waals surface area contributed by atoms with Crippen molar-refractivity contribution >= 4 is 23.1 Å². The summed E-state index contributed by atoms with van der Waals surface area (Å²) in [6.07, 6.45) is 9.11. The molecule has 5 nitrogen and oxygen atoms in total. The lowest BCUT2D eigenvalue weighted by Gasteiger charge is -2.24. The minimum atomic E-state index is -0.309. The van der Waals surface area contributed by atoms with E-state index in [2.05, 4.69) is 20.9 Å². The third-order valence-electron chi connectivity index (χ3n) is 3.94. The van der Waals surface area contributed by atoms with Crippen LogP contribution in [0.1, 0.15) is 11.4 Å². The number of pyridine rings is 1. The Balaban J connectivity index is 1.89. The Morgan fingerprint density at radius 2 is 2.00 bits per heavy atom. The summed E-state index contributed by atoms with van der Waals surface area (Å²) < 4.78 is 5.21. The maximum Gasteiger partial charge on any atom is 0.224 e. The van der Waals surface area contributed by atoms with Gasteiger partial charge in [-0.15, -0.1) is 0 Å². The molecule has 2 aliphatic rings. The van der Waals surface area contributed by atoms with Crippen LogP contribution in [0, 0.1) is 6.92 Å². The maximum absolute atomic E-state index is 5.94. The van der Waals surface area contributed by atoms with Crippen LogP contribution >= 0.6 is 11.6 Å². The Kier molecular flexibility index (Phi) is 2.90. The average molecular weight is 313 g/mol. The summed E-state index contributed by atoms with van der Waals surface area (Å²) in [5, 5.41) is 0.234. The number of rotatable bonds is 1. The normalized spacial score (nSPS) is 17.6. The van der Waals surface area contributed by atoms with Gasteiger partial charge < -0.3 is 9.64 Å². The van der Waals surface area contributed by atoms with Crippen molar-refractivity contribution in [3.8, 4) is 0 Å². The molecule has 0 aromatic carbocycles. The van der Waals surface area contributed by atoms with E-state index < -0.39 is 0 Å². The van der Waals surface area contributed by atoms with Gasteiger partial charge in [0.15, 0.2) is 0 Å². The molecule has 0 amide bonds. The summed E-state index contributed by atoms with van der Waals surface area (Å²) in [5.74, 6) is 0.761. The molecular formula is C16H13ClN4O. The first-order valence-corrected chi connectivity index (χ1v) is 7.31. The topological polar surface area (TPSA) is 51.1 Å². The number of aromatic nitrogens is 3. The van der Waals surface area contributed by atoms with Gasteiger partial charge in [-0.05, 0) is 48.9 Å². The van der Waals surface area contributed by atoms with Crippen LogP contribution in [0.3, 0.4) is 0 Å². The van der Waals surface area contributed by atoms with Crippen molar-refractivity contribution in [2.24, 2.45) is 0 Å². The molecule has 0 saturated heterocycles. The molecule has 22 heavy (non-hydrogen) atoms. The standard InChI is InChI=1S/C16H13ClN4O/c1-11-2-3-12-14(19-11)16(5-8-22-9-6-16)10-21(12)13-4-7-18-15(17)20-13/h2-9H,10H2,1H3. The van der Waals surface area contributed by atoms with Crippen molar-refractivity contribution < 1.29 is 4.74 Å². The lowest BCUT2D eigenvalue weighted by molar-refractivity contribution is 0.377. The van der Waals surface area contributed by atoms with E-state index in [9.17, 15) is 0 Å². The maximum atomic E-state index is 5.94. The van der Waals surface area contributed by atoms with Gasteiger partial charge in [-0.3, -0.25) is 4.98 Å². The lowest BCUT2D eigenvalue weighted by atomic mass is 9.85. The second-order valence-corrected chi connectivity index (χ2v) is 5.71. The van der Waals surface area contributed by atoms with E-state index in [4.69, 9.17) is 21.3 Å². The summed E-state index contributed by atoms with van der Waals surface area (Å²) in [6, 6.07) is 5.92. The number of halogens is 1. The highest BCUT2D eigenvalue weighted by Gasteiger charge is 2.42. The van der Waals surface area contributed by atoms with Crippen LogP contribution in [0.25, 0.3) is 0 Å². The highest BCUT2D eigenvalue weighted by atomic mass is 35.5. The van der Waals surface area contributed by atoms with Gasteiger partial charge in [-0.2, -0.15) is 0 Å². The van der Waals surface area contributed by atoms with Gasteiger partial charge in [0.25, 0.3) is 0 Å². The van der Waals surface area contributed by atoms with Crippen LogP contribution in [0.4, 0.5) is 11.5 Å². The SMILES string of the molecule is Cc1ccc2c(n1)C1(C=COC=C1)CN2c1ccnc(Cl)n1. The second kappa shape index (κ2) is 4.81. The third-order valence-corrected chi connectivity index (χ3v) is 4.12. The van der Waals surface area contributed by atoms with E-state index in [-0.39, 0.29) is 10.7 Å². The van der Waals surface area contributed by atoms with Gasteiger partial charge in [0.2, 0.25) is 5.28 Å². The molecule has 2 aromatic rings. The Hall–Kier alpha value is -2.40. The lowest BCUT2D eigenvalue weighted by Crippen LogP contribution is -2.29. The molecule has 0 saturated carbocycles. The molecule has 4 heterocycles. The van der Waals surface area contributed by atoms with E-state index in [1.807, 2.05) is 31.2 Å². The Morgan fingerprint density at radius 3 is 2.77 bits per heavy atom. The van der Waals surface area contributed by atoms with Gasteiger partial charge in [-0.25, -0.2) is 9.97 Å². The minimum Gasteiger partial charge on any atom is -0.473 e. The molecular weight excluding hydrogens is 300 g/mol. The molecule has 0 aliphatic carbocycles. The predicted octanol–water partition coefficient (Wildman–Crippen LogP) is 3.28. The van der Waals surface area contributed by atoms with Crippen molar-refractivity contribution in [3.63, 3.8) is 0 Å². The Labute approximate surface area is 132 Å². The van der Waals surface area contributed by atoms with Crippen molar-refractivity contribution in [3.05, 3.63) is 65.7 Å². The van der Waals surface area contributed by atoms with E-state index in [1.54, 1.807) is 18.7 Å². The number of nitrogens with zero attached hydrogens (tertiary/aromatic N) is 4. The largest absolute Gasteiger partial charge is 0.473 e. The van der Waals surface area contributed by atoms with E-state index in [0.29, 0.717) is 6.54 Å². The molecule has 0 radical (unpaired) electrons. The molecule has 0 bridgehead atoms. The number of anilines is 2. The predicted molar refractivity (Wildman–Crippen MR) is 84.1 cm³/mol. The van der Waals surface area contributed by atoms with Crippen LogP contribution in [0.15, 0.2) is 49.1 Å². The first-order valence-electron chi connectivity index (χ1n) is 6.93. The molecule has 0 N–H and O–H groups in total. The summed E-state index contributed by atoms with van der Waals surface area (Å²) in [7, 11) is 0. The monoisotopic (exact) mass is 312 g/mol. The summed E-state index contributed by atoms with van der Waals surface area (Å²) in [6.45, 7) is 2.69. The van der Waals surface area contributed by atoms with Crippen molar-refractivity contribution in [1.82, 2.24) is 15.0 Å². The number of hydrogen-bond donors (Lipinski definition) is 0. The summed E-state index contributed by atoms with van der Waals surface area (Å²) in [5.41, 5.74) is 2.69. The van der Waals surface area contributed by atoms with Crippen molar-refractivity contribution in [2.75, 3.05) is 11.4 Å². The van der Waals surface area contributed by atoms with Crippen LogP contribution in [-0.4, -0.2) is 21.5 Å². The van der Waals surface area contributed by atoms with Crippen molar-refractivity contribution in [1.29, 1.82) is 0 Å². The zero-order valence-corrected chi connectivity index (χ0v) is 12.7. The van der Waals surface area contributed by atoms with Crippen LogP contribution in [0.2, 0.25) is 5.28 Å². The van der Waals surface area contributed by atoms with E-state index in [1.165, 1.54) is 0 Å². The molecule has 0 unspecified atom stereocenters. The third kappa shape index (κ3) is 1.97. The minimum absolute atomic E-state index is 0.234. The average Bonchev–Trinajstić information content (AvgIpc) is 2.82. The van der Waals surface area contributed by atoms with Crippen LogP contribution in [0.5, 0.6) is 0 Å². The van der Waals surface area contributed by atoms with Crippen LogP contribution < -0.4 is 4.90 Å². The first-order chi connectivity index (χ1) is 10.7. The van der Waals surface area contributed by atoms with E-state index >= 15 is 0 Å². The molecule has 2 aliphatic heterocycles. The second-order valence-electron chi connectivity index (χ2n) is 5.37. The first kappa shape index (κ1) is 13.3. The van der Waals surface area contributed by atoms with Gasteiger partial charge in [0, 0.05) is 18.4 Å². The van der Waals surface area contributed by atoms with Gasteiger partial charge >= 0.3 is 0 Å². The number of aryl methyl sites for hydroxylation is 1. The van der Waals surface area contributed by atoms with Crippen molar-refractivity contribution in [2.45, 2.75) is 12.3 Å². The molecule has 1 spiro atoms. The fourth-order valence-corrected chi connectivity index (χ4v) is 3.04.